The SMILES string of the molecule is Cn1cnc2ncnc(N)c2c1=O. The van der Waals surface area contributed by atoms with Crippen LogP contribution < -0.4 is 11.3 Å². The third-order valence-electron chi connectivity index (χ3n) is 1.74. The van der Waals surface area contributed by atoms with Gasteiger partial charge in [0, 0.05) is 7.05 Å². The van der Waals surface area contributed by atoms with Crippen LogP contribution in [0.1, 0.15) is 0 Å². The van der Waals surface area contributed by atoms with Gasteiger partial charge < -0.3 is 10.3 Å². The Kier molecular flexibility index (Phi) is 1.48. The Bertz CT molecular complexity index is 518. The van der Waals surface area contributed by atoms with Crippen molar-refractivity contribution in [3.8, 4) is 0 Å². The summed E-state index contributed by atoms with van der Waals surface area (Å²) in [6.07, 6.45) is 2.68. The van der Waals surface area contributed by atoms with Crippen LogP contribution in [0.25, 0.3) is 11.0 Å². The monoisotopic (exact) mass is 177 g/mol. The molecule has 6 nitrogen and oxygen atoms in total. The molecule has 66 valence electrons. The smallest absolute Gasteiger partial charge is 0.266 e. The zero-order valence-corrected chi connectivity index (χ0v) is 6.93. The van der Waals surface area contributed by atoms with Crippen molar-refractivity contribution < 1.29 is 0 Å². The topological polar surface area (TPSA) is 86.7 Å². The van der Waals surface area contributed by atoms with Crippen LogP contribution in [0.4, 0.5) is 5.82 Å². The summed E-state index contributed by atoms with van der Waals surface area (Å²) >= 11 is 0. The highest BCUT2D eigenvalue weighted by molar-refractivity contribution is 5.83. The van der Waals surface area contributed by atoms with Gasteiger partial charge in [-0.25, -0.2) is 15.0 Å². The van der Waals surface area contributed by atoms with Gasteiger partial charge in [0.1, 0.15) is 17.5 Å². The minimum absolute atomic E-state index is 0.165. The molecule has 6 heteroatoms. The zero-order valence-electron chi connectivity index (χ0n) is 6.93. The number of nitrogen functional groups attached to an aromatic ring is 1. The lowest BCUT2D eigenvalue weighted by molar-refractivity contribution is 0.838. The summed E-state index contributed by atoms with van der Waals surface area (Å²) in [7, 11) is 1.60. The molecule has 0 atom stereocenters. The first kappa shape index (κ1) is 7.66. The molecular weight excluding hydrogens is 170 g/mol. The van der Waals surface area contributed by atoms with Crippen LogP contribution in [-0.2, 0) is 7.05 Å². The average Bonchev–Trinajstić information content (AvgIpc) is 2.12. The van der Waals surface area contributed by atoms with Gasteiger partial charge >= 0.3 is 0 Å². The maximum atomic E-state index is 11.5. The number of nitrogens with zero attached hydrogens (tertiary/aromatic N) is 4. The fourth-order valence-corrected chi connectivity index (χ4v) is 1.06. The summed E-state index contributed by atoms with van der Waals surface area (Å²) in [5.41, 5.74) is 5.62. The van der Waals surface area contributed by atoms with E-state index in [0.717, 1.165) is 0 Å². The first-order valence-corrected chi connectivity index (χ1v) is 3.62. The van der Waals surface area contributed by atoms with Gasteiger partial charge in [0.05, 0.1) is 6.33 Å². The molecule has 0 saturated heterocycles. The van der Waals surface area contributed by atoms with E-state index in [0.29, 0.717) is 5.65 Å². The number of aryl methyl sites for hydroxylation is 1. The molecule has 0 aliphatic rings. The van der Waals surface area contributed by atoms with E-state index in [1.54, 1.807) is 7.05 Å². The van der Waals surface area contributed by atoms with E-state index in [4.69, 9.17) is 5.73 Å². The normalized spacial score (nSPS) is 10.5. The minimum Gasteiger partial charge on any atom is -0.383 e. The second kappa shape index (κ2) is 2.51. The summed E-state index contributed by atoms with van der Waals surface area (Å²) in [5, 5.41) is 0.271. The predicted octanol–water partition coefficient (Wildman–Crippen LogP) is -0.694. The quantitative estimate of drug-likeness (QED) is 0.575. The van der Waals surface area contributed by atoms with Crippen molar-refractivity contribution in [3.63, 3.8) is 0 Å². The fraction of sp³-hybridized carbons (Fsp3) is 0.143. The Balaban J connectivity index is 3.06. The van der Waals surface area contributed by atoms with Crippen molar-refractivity contribution in [2.75, 3.05) is 5.73 Å². The zero-order chi connectivity index (χ0) is 9.42. The van der Waals surface area contributed by atoms with E-state index in [-0.39, 0.29) is 16.8 Å². The van der Waals surface area contributed by atoms with Gasteiger partial charge in [-0.2, -0.15) is 0 Å². The highest BCUT2D eigenvalue weighted by atomic mass is 16.1. The molecule has 2 N–H and O–H groups in total. The molecule has 0 fully saturated rings. The molecule has 0 aromatic carbocycles. The number of nitrogens with two attached hydrogens (primary N) is 1. The van der Waals surface area contributed by atoms with Crippen LogP contribution in [0.15, 0.2) is 17.4 Å². The molecule has 0 bridgehead atoms. The maximum absolute atomic E-state index is 11.5. The van der Waals surface area contributed by atoms with Gasteiger partial charge in [-0.3, -0.25) is 4.79 Å². The van der Waals surface area contributed by atoms with Crippen molar-refractivity contribution in [3.05, 3.63) is 23.0 Å². The van der Waals surface area contributed by atoms with E-state index < -0.39 is 0 Å². The van der Waals surface area contributed by atoms with E-state index in [1.807, 2.05) is 0 Å². The lowest BCUT2D eigenvalue weighted by atomic mass is 10.4. The Morgan fingerprint density at radius 2 is 2.15 bits per heavy atom. The standard InChI is InChI=1S/C7H7N5O/c1-12-3-11-6-4(7(12)13)5(8)9-2-10-6/h2-3H,1H3,(H2,8,9,10). The Labute approximate surface area is 73.1 Å². The summed E-state index contributed by atoms with van der Waals surface area (Å²) in [6.45, 7) is 0. The maximum Gasteiger partial charge on any atom is 0.266 e. The Morgan fingerprint density at radius 1 is 1.38 bits per heavy atom. The Morgan fingerprint density at radius 3 is 2.92 bits per heavy atom. The molecule has 2 heterocycles. The van der Waals surface area contributed by atoms with Crippen molar-refractivity contribution in [2.45, 2.75) is 0 Å². The minimum atomic E-state index is -0.233. The van der Waals surface area contributed by atoms with Gasteiger partial charge in [-0.15, -0.1) is 0 Å². The molecule has 0 spiro atoms. The van der Waals surface area contributed by atoms with Crippen LogP contribution in [0, 0.1) is 0 Å². The average molecular weight is 177 g/mol. The number of hydrogen-bond acceptors (Lipinski definition) is 5. The fourth-order valence-electron chi connectivity index (χ4n) is 1.06. The molecule has 0 aliphatic carbocycles. The van der Waals surface area contributed by atoms with Crippen molar-refractivity contribution in [1.29, 1.82) is 0 Å². The number of fused-ring (bicyclic) bond motifs is 1. The second-order valence-corrected chi connectivity index (χ2v) is 2.62. The van der Waals surface area contributed by atoms with Crippen LogP contribution in [0.3, 0.4) is 0 Å². The summed E-state index contributed by atoms with van der Waals surface area (Å²) in [6, 6.07) is 0. The first-order valence-electron chi connectivity index (χ1n) is 3.62. The van der Waals surface area contributed by atoms with E-state index in [1.165, 1.54) is 17.2 Å². The number of aromatic nitrogens is 4. The molecule has 2 rings (SSSR count). The third kappa shape index (κ3) is 1.03. The van der Waals surface area contributed by atoms with Gasteiger partial charge in [-0.1, -0.05) is 0 Å². The molecule has 13 heavy (non-hydrogen) atoms. The number of rotatable bonds is 0. The van der Waals surface area contributed by atoms with Crippen LogP contribution >= 0.6 is 0 Å². The Hall–Kier alpha value is -1.98. The molecular formula is C7H7N5O. The van der Waals surface area contributed by atoms with Crippen molar-refractivity contribution in [2.24, 2.45) is 7.05 Å². The van der Waals surface area contributed by atoms with Gasteiger partial charge in [0.15, 0.2) is 5.65 Å². The molecule has 0 saturated carbocycles. The van der Waals surface area contributed by atoms with E-state index >= 15 is 0 Å². The van der Waals surface area contributed by atoms with Crippen molar-refractivity contribution in [1.82, 2.24) is 19.5 Å². The van der Waals surface area contributed by atoms with Gasteiger partial charge in [-0.05, 0) is 0 Å². The van der Waals surface area contributed by atoms with Crippen LogP contribution in [0.2, 0.25) is 0 Å². The highest BCUT2D eigenvalue weighted by Crippen LogP contribution is 2.07. The molecule has 0 amide bonds. The molecule has 2 aromatic rings. The van der Waals surface area contributed by atoms with Gasteiger partial charge in [0.25, 0.3) is 5.56 Å². The predicted molar refractivity (Wildman–Crippen MR) is 47.0 cm³/mol. The van der Waals surface area contributed by atoms with Crippen LogP contribution in [0.5, 0.6) is 0 Å². The highest BCUT2D eigenvalue weighted by Gasteiger charge is 2.06. The summed E-state index contributed by atoms with van der Waals surface area (Å²) < 4.78 is 1.34. The lowest BCUT2D eigenvalue weighted by Gasteiger charge is -2.00. The lowest BCUT2D eigenvalue weighted by Crippen LogP contribution is -2.19. The van der Waals surface area contributed by atoms with Crippen molar-refractivity contribution >= 4 is 16.9 Å². The first-order chi connectivity index (χ1) is 6.20. The summed E-state index contributed by atoms with van der Waals surface area (Å²) in [5.74, 6) is 0.165. The molecule has 0 radical (unpaired) electrons. The summed E-state index contributed by atoms with van der Waals surface area (Å²) in [4.78, 5) is 23.0. The number of hydrogen-bond donors (Lipinski definition) is 1. The van der Waals surface area contributed by atoms with E-state index in [9.17, 15) is 4.79 Å². The molecule has 0 unspecified atom stereocenters. The van der Waals surface area contributed by atoms with Gasteiger partial charge in [0.2, 0.25) is 0 Å². The van der Waals surface area contributed by atoms with Crippen LogP contribution in [-0.4, -0.2) is 19.5 Å². The largest absolute Gasteiger partial charge is 0.383 e. The number of anilines is 1. The molecule has 2 aromatic heterocycles. The molecule has 0 aliphatic heterocycles. The third-order valence-corrected chi connectivity index (χ3v) is 1.74. The van der Waals surface area contributed by atoms with E-state index in [2.05, 4.69) is 15.0 Å². The second-order valence-electron chi connectivity index (χ2n) is 2.62.